The molecule has 0 aliphatic carbocycles. The fraction of sp³-hybridized carbons (Fsp3) is 1.00. The van der Waals surface area contributed by atoms with E-state index in [1.54, 1.807) is 11.4 Å². The van der Waals surface area contributed by atoms with E-state index in [0.717, 1.165) is 0 Å². The van der Waals surface area contributed by atoms with E-state index >= 15 is 0 Å². The van der Waals surface area contributed by atoms with Gasteiger partial charge in [0, 0.05) is 5.25 Å². The van der Waals surface area contributed by atoms with Crippen LogP contribution < -0.4 is 0 Å². The molecule has 0 saturated carbocycles. The summed E-state index contributed by atoms with van der Waals surface area (Å²) in [7, 11) is 0. The van der Waals surface area contributed by atoms with Gasteiger partial charge in [-0.3, -0.25) is 0 Å². The van der Waals surface area contributed by atoms with Gasteiger partial charge in [-0.2, -0.15) is 0 Å². The van der Waals surface area contributed by atoms with Gasteiger partial charge in [-0.15, -0.1) is 0 Å². The summed E-state index contributed by atoms with van der Waals surface area (Å²) in [6.45, 7) is 14.4. The molecule has 0 fully saturated rings. The van der Waals surface area contributed by atoms with Crippen molar-refractivity contribution >= 4 is 28.9 Å². The van der Waals surface area contributed by atoms with Crippen LogP contribution >= 0.6 is 17.1 Å². The van der Waals surface area contributed by atoms with Gasteiger partial charge < -0.3 is 9.05 Å². The van der Waals surface area contributed by atoms with Crippen LogP contribution in [0.4, 0.5) is 0 Å². The minimum Gasteiger partial charge on any atom is -0.321 e. The van der Waals surface area contributed by atoms with E-state index in [4.69, 9.17) is 20.9 Å². The molecule has 0 heterocycles. The molecule has 0 aromatic heterocycles. The molecule has 18 heavy (non-hydrogen) atoms. The number of rotatable bonds is 10. The fourth-order valence-corrected chi connectivity index (χ4v) is 7.25. The Morgan fingerprint density at radius 1 is 1.00 bits per heavy atom. The summed E-state index contributed by atoms with van der Waals surface area (Å²) < 4.78 is 11.9. The maximum atomic E-state index is 5.93. The van der Waals surface area contributed by atoms with Crippen molar-refractivity contribution in [3.63, 3.8) is 0 Å². The number of hydrogen-bond donors (Lipinski definition) is 0. The van der Waals surface area contributed by atoms with E-state index in [-0.39, 0.29) is 0 Å². The van der Waals surface area contributed by atoms with Gasteiger partial charge in [-0.1, -0.05) is 59.3 Å². The zero-order valence-electron chi connectivity index (χ0n) is 12.6. The van der Waals surface area contributed by atoms with Crippen molar-refractivity contribution < 1.29 is 9.05 Å². The summed E-state index contributed by atoms with van der Waals surface area (Å²) in [4.78, 5) is 0. The second kappa shape index (κ2) is 9.77. The largest absolute Gasteiger partial charge is 0.321 e. The van der Waals surface area contributed by atoms with Crippen LogP contribution in [0.25, 0.3) is 0 Å². The molecule has 0 aromatic carbocycles. The third-order valence-corrected chi connectivity index (χ3v) is 7.81. The highest BCUT2D eigenvalue weighted by Gasteiger charge is 2.24. The van der Waals surface area contributed by atoms with Crippen molar-refractivity contribution in [1.29, 1.82) is 0 Å². The average molecular weight is 312 g/mol. The predicted octanol–water partition coefficient (Wildman–Crippen LogP) is 5.48. The Bertz CT molecular complexity index is 241. The lowest BCUT2D eigenvalue weighted by Gasteiger charge is -2.26. The Kier molecular flexibility index (Phi) is 10.3. The lowest BCUT2D eigenvalue weighted by Crippen LogP contribution is -2.06. The maximum absolute atomic E-state index is 5.93. The Hall–Kier alpha value is 0.920. The van der Waals surface area contributed by atoms with Crippen molar-refractivity contribution in [1.82, 2.24) is 0 Å². The minimum absolute atomic E-state index is 0.497. The zero-order chi connectivity index (χ0) is 14.2. The SMILES string of the molecule is CCCC(C)SP(=S)(OCC(C)C)OCC(C)C. The molecule has 0 bridgehead atoms. The third-order valence-electron chi connectivity index (χ3n) is 2.14. The van der Waals surface area contributed by atoms with E-state index in [0.29, 0.717) is 30.3 Å². The summed E-state index contributed by atoms with van der Waals surface area (Å²) in [5.41, 5.74) is -2.16. The van der Waals surface area contributed by atoms with Gasteiger partial charge in [0.15, 0.2) is 0 Å². The molecule has 0 aromatic rings. The van der Waals surface area contributed by atoms with E-state index in [2.05, 4.69) is 41.5 Å². The monoisotopic (exact) mass is 312 g/mol. The molecule has 1 atom stereocenters. The lowest BCUT2D eigenvalue weighted by molar-refractivity contribution is 0.218. The van der Waals surface area contributed by atoms with Gasteiger partial charge in [0.05, 0.1) is 13.2 Å². The van der Waals surface area contributed by atoms with E-state index in [1.807, 2.05) is 0 Å². The van der Waals surface area contributed by atoms with Crippen LogP contribution in [0.1, 0.15) is 54.4 Å². The molecule has 110 valence electrons. The molecule has 0 amide bonds. The molecule has 0 N–H and O–H groups in total. The molecule has 0 rings (SSSR count). The van der Waals surface area contributed by atoms with Crippen LogP contribution in [0.3, 0.4) is 0 Å². The first-order chi connectivity index (χ1) is 8.29. The van der Waals surface area contributed by atoms with Crippen molar-refractivity contribution in [2.24, 2.45) is 11.8 Å². The molecule has 5 heteroatoms. The zero-order valence-corrected chi connectivity index (χ0v) is 15.2. The van der Waals surface area contributed by atoms with Crippen LogP contribution in [0.15, 0.2) is 0 Å². The molecular weight excluding hydrogens is 283 g/mol. The molecule has 0 aliphatic heterocycles. The third kappa shape index (κ3) is 9.80. The summed E-state index contributed by atoms with van der Waals surface area (Å²) >= 11 is 7.40. The van der Waals surface area contributed by atoms with E-state index in [9.17, 15) is 0 Å². The van der Waals surface area contributed by atoms with E-state index < -0.39 is 5.69 Å². The molecule has 0 spiro atoms. The van der Waals surface area contributed by atoms with Crippen molar-refractivity contribution in [3.8, 4) is 0 Å². The Morgan fingerprint density at radius 2 is 1.44 bits per heavy atom. The van der Waals surface area contributed by atoms with Crippen molar-refractivity contribution in [2.45, 2.75) is 59.6 Å². The summed E-state index contributed by atoms with van der Waals surface area (Å²) in [6, 6.07) is 0. The Balaban J connectivity index is 4.43. The summed E-state index contributed by atoms with van der Waals surface area (Å²) in [5.74, 6) is 0.995. The van der Waals surface area contributed by atoms with Gasteiger partial charge in [0.25, 0.3) is 0 Å². The summed E-state index contributed by atoms with van der Waals surface area (Å²) in [6.07, 6.45) is 2.34. The van der Waals surface area contributed by atoms with Crippen LogP contribution in [0.5, 0.6) is 0 Å². The average Bonchev–Trinajstić information content (AvgIpc) is 2.24. The van der Waals surface area contributed by atoms with Gasteiger partial charge in [-0.25, -0.2) is 0 Å². The molecule has 1 unspecified atom stereocenters. The highest BCUT2D eigenvalue weighted by molar-refractivity contribution is 8.68. The Morgan fingerprint density at radius 3 is 1.78 bits per heavy atom. The van der Waals surface area contributed by atoms with Gasteiger partial charge >= 0.3 is 0 Å². The maximum Gasteiger partial charge on any atom is 0.247 e. The van der Waals surface area contributed by atoms with E-state index in [1.165, 1.54) is 12.8 Å². The smallest absolute Gasteiger partial charge is 0.247 e. The molecule has 0 saturated heterocycles. The molecule has 0 aliphatic rings. The topological polar surface area (TPSA) is 18.5 Å². The standard InChI is InChI=1S/C13H29O2PS2/c1-7-8-13(6)18-16(17,14-9-11(2)3)15-10-12(4)5/h11-13H,7-10H2,1-6H3. The summed E-state index contributed by atoms with van der Waals surface area (Å²) in [5, 5.41) is 0.514. The normalized spacial score (nSPS) is 14.4. The van der Waals surface area contributed by atoms with Crippen molar-refractivity contribution in [3.05, 3.63) is 0 Å². The van der Waals surface area contributed by atoms with Crippen LogP contribution in [0.2, 0.25) is 0 Å². The fourth-order valence-electron chi connectivity index (χ4n) is 1.26. The predicted molar refractivity (Wildman–Crippen MR) is 87.8 cm³/mol. The minimum atomic E-state index is -2.16. The molecular formula is C13H29O2PS2. The van der Waals surface area contributed by atoms with Gasteiger partial charge in [-0.05, 0) is 30.1 Å². The molecule has 2 nitrogen and oxygen atoms in total. The first-order valence-corrected chi connectivity index (χ1v) is 11.0. The highest BCUT2D eigenvalue weighted by Crippen LogP contribution is 2.63. The lowest BCUT2D eigenvalue weighted by atomic mass is 10.2. The second-order valence-corrected chi connectivity index (χ2v) is 12.2. The first-order valence-electron chi connectivity index (χ1n) is 6.86. The first kappa shape index (κ1) is 18.9. The van der Waals surface area contributed by atoms with Gasteiger partial charge in [0.1, 0.15) is 0 Å². The Labute approximate surface area is 123 Å². The van der Waals surface area contributed by atoms with Crippen LogP contribution in [-0.4, -0.2) is 18.5 Å². The number of hydrogen-bond acceptors (Lipinski definition) is 4. The van der Waals surface area contributed by atoms with Crippen LogP contribution in [-0.2, 0) is 20.9 Å². The van der Waals surface area contributed by atoms with Crippen molar-refractivity contribution in [2.75, 3.05) is 13.2 Å². The molecule has 0 radical (unpaired) electrons. The quantitative estimate of drug-likeness (QED) is 0.497. The second-order valence-electron chi connectivity index (χ2n) is 5.53. The van der Waals surface area contributed by atoms with Gasteiger partial charge in [0.2, 0.25) is 5.69 Å². The van der Waals surface area contributed by atoms with Crippen LogP contribution in [0, 0.1) is 11.8 Å². The highest BCUT2D eigenvalue weighted by atomic mass is 32.9.